The van der Waals surface area contributed by atoms with E-state index in [0.29, 0.717) is 18.8 Å². The molecule has 4 rings (SSSR count). The third kappa shape index (κ3) is 6.93. The molecule has 2 saturated heterocycles. The summed E-state index contributed by atoms with van der Waals surface area (Å²) >= 11 is 0. The fraction of sp³-hybridized carbons (Fsp3) is 0.600. The number of guanidine groups is 1. The highest BCUT2D eigenvalue weighted by molar-refractivity contribution is 14.0. The summed E-state index contributed by atoms with van der Waals surface area (Å²) in [6, 6.07) is 10.5. The zero-order chi connectivity index (χ0) is 22.3. The monoisotopic (exact) mass is 567 g/mol. The van der Waals surface area contributed by atoms with Gasteiger partial charge in [-0.25, -0.2) is 4.68 Å². The lowest BCUT2D eigenvalue weighted by molar-refractivity contribution is -0.0721. The van der Waals surface area contributed by atoms with Crippen LogP contribution in [0.2, 0.25) is 0 Å². The Bertz CT molecular complexity index is 902. The molecule has 1 atom stereocenters. The minimum Gasteiger partial charge on any atom is -0.376 e. The summed E-state index contributed by atoms with van der Waals surface area (Å²) in [7, 11) is 1.86. The molecular weight excluding hydrogens is 529 g/mol. The van der Waals surface area contributed by atoms with Crippen LogP contribution in [0.25, 0.3) is 5.69 Å². The standard InChI is InChI=1S/C25H37N5O2.HI/c1-19-16-20(2)30(28-19)24-10-5-4-8-21(24)17-27-25(26-3)29-13-11-22(12-14-29)32-18-23-9-6-7-15-31-23;/h4-5,8,10,16,22-23H,6-7,9,11-15,17-18H2,1-3H3,(H,26,27);1H. The van der Waals surface area contributed by atoms with Crippen LogP contribution in [0.1, 0.15) is 49.1 Å². The predicted molar refractivity (Wildman–Crippen MR) is 143 cm³/mol. The highest BCUT2D eigenvalue weighted by Gasteiger charge is 2.24. The smallest absolute Gasteiger partial charge is 0.193 e. The van der Waals surface area contributed by atoms with Crippen molar-refractivity contribution in [1.29, 1.82) is 0 Å². The highest BCUT2D eigenvalue weighted by Crippen LogP contribution is 2.19. The van der Waals surface area contributed by atoms with E-state index in [-0.39, 0.29) is 24.0 Å². The molecule has 182 valence electrons. The van der Waals surface area contributed by atoms with E-state index in [1.807, 2.05) is 18.7 Å². The first-order valence-electron chi connectivity index (χ1n) is 11.9. The van der Waals surface area contributed by atoms with Crippen molar-refractivity contribution in [2.45, 2.75) is 64.7 Å². The fourth-order valence-electron chi connectivity index (χ4n) is 4.66. The molecule has 0 radical (unpaired) electrons. The van der Waals surface area contributed by atoms with Gasteiger partial charge in [-0.05, 0) is 63.6 Å². The van der Waals surface area contributed by atoms with E-state index < -0.39 is 0 Å². The molecular formula is C25H38IN5O2. The summed E-state index contributed by atoms with van der Waals surface area (Å²) in [5.41, 5.74) is 4.48. The quantitative estimate of drug-likeness (QED) is 0.322. The Morgan fingerprint density at radius 3 is 2.64 bits per heavy atom. The third-order valence-electron chi connectivity index (χ3n) is 6.41. The maximum absolute atomic E-state index is 6.17. The van der Waals surface area contributed by atoms with Crippen LogP contribution in [0.15, 0.2) is 35.3 Å². The second kappa shape index (κ2) is 12.7. The Balaban J connectivity index is 0.00000306. The van der Waals surface area contributed by atoms with Crippen LogP contribution < -0.4 is 5.32 Å². The fourth-order valence-corrected chi connectivity index (χ4v) is 4.66. The van der Waals surface area contributed by atoms with Crippen LogP contribution >= 0.6 is 24.0 Å². The van der Waals surface area contributed by atoms with Gasteiger partial charge in [0.05, 0.1) is 30.2 Å². The van der Waals surface area contributed by atoms with Crippen molar-refractivity contribution in [2.24, 2.45) is 4.99 Å². The minimum absolute atomic E-state index is 0. The molecule has 0 bridgehead atoms. The minimum atomic E-state index is 0. The van der Waals surface area contributed by atoms with Gasteiger partial charge in [-0.1, -0.05) is 18.2 Å². The summed E-state index contributed by atoms with van der Waals surface area (Å²) in [4.78, 5) is 6.88. The predicted octanol–water partition coefficient (Wildman–Crippen LogP) is 4.23. The van der Waals surface area contributed by atoms with Crippen molar-refractivity contribution in [3.05, 3.63) is 47.3 Å². The number of likely N-dealkylation sites (tertiary alicyclic amines) is 1. The third-order valence-corrected chi connectivity index (χ3v) is 6.41. The summed E-state index contributed by atoms with van der Waals surface area (Å²) in [5, 5.41) is 8.23. The molecule has 33 heavy (non-hydrogen) atoms. The average molecular weight is 568 g/mol. The van der Waals surface area contributed by atoms with Crippen molar-refractivity contribution >= 4 is 29.9 Å². The number of aryl methyl sites for hydroxylation is 2. The number of aliphatic imine (C=N–C) groups is 1. The number of para-hydroxylation sites is 1. The topological polar surface area (TPSA) is 63.9 Å². The van der Waals surface area contributed by atoms with E-state index in [1.165, 1.54) is 18.4 Å². The van der Waals surface area contributed by atoms with Gasteiger partial charge in [-0.3, -0.25) is 4.99 Å². The number of rotatable bonds is 6. The summed E-state index contributed by atoms with van der Waals surface area (Å²) < 4.78 is 14.0. The normalized spacial score (nSPS) is 19.9. The summed E-state index contributed by atoms with van der Waals surface area (Å²) in [5.74, 6) is 0.947. The van der Waals surface area contributed by atoms with E-state index in [9.17, 15) is 0 Å². The number of nitrogens with one attached hydrogen (secondary N) is 1. The molecule has 1 unspecified atom stereocenters. The first-order chi connectivity index (χ1) is 15.6. The van der Waals surface area contributed by atoms with E-state index in [0.717, 1.165) is 68.6 Å². The van der Waals surface area contributed by atoms with Gasteiger partial charge in [0.25, 0.3) is 0 Å². The summed E-state index contributed by atoms with van der Waals surface area (Å²) in [6.07, 6.45) is 6.24. The zero-order valence-corrected chi connectivity index (χ0v) is 22.5. The first kappa shape index (κ1) is 26.0. The van der Waals surface area contributed by atoms with Gasteiger partial charge in [0, 0.05) is 39.0 Å². The molecule has 7 nitrogen and oxygen atoms in total. The van der Waals surface area contributed by atoms with E-state index in [1.54, 1.807) is 0 Å². The van der Waals surface area contributed by atoms with Gasteiger partial charge in [-0.2, -0.15) is 5.10 Å². The number of piperidine rings is 1. The van der Waals surface area contributed by atoms with Gasteiger partial charge < -0.3 is 19.7 Å². The molecule has 2 aliphatic rings. The van der Waals surface area contributed by atoms with Gasteiger partial charge in [0.1, 0.15) is 0 Å². The van der Waals surface area contributed by atoms with E-state index >= 15 is 0 Å². The molecule has 0 amide bonds. The average Bonchev–Trinajstić information content (AvgIpc) is 3.17. The molecule has 8 heteroatoms. The Kier molecular flexibility index (Phi) is 10.0. The molecule has 2 aliphatic heterocycles. The van der Waals surface area contributed by atoms with Gasteiger partial charge in [0.2, 0.25) is 0 Å². The number of nitrogens with zero attached hydrogens (tertiary/aromatic N) is 4. The Morgan fingerprint density at radius 2 is 1.97 bits per heavy atom. The Hall–Kier alpha value is -1.65. The zero-order valence-electron chi connectivity index (χ0n) is 20.1. The molecule has 3 heterocycles. The SMILES string of the molecule is CN=C(NCc1ccccc1-n1nc(C)cc1C)N1CCC(OCC2CCCCO2)CC1.I. The Morgan fingerprint density at radius 1 is 1.18 bits per heavy atom. The number of halogens is 1. The van der Waals surface area contributed by atoms with Crippen LogP contribution in [-0.4, -0.2) is 66.2 Å². The largest absolute Gasteiger partial charge is 0.376 e. The molecule has 0 spiro atoms. The van der Waals surface area contributed by atoms with Crippen molar-refractivity contribution in [2.75, 3.05) is 33.4 Å². The van der Waals surface area contributed by atoms with Crippen molar-refractivity contribution in [3.8, 4) is 5.69 Å². The second-order valence-electron chi connectivity index (χ2n) is 8.88. The number of aromatic nitrogens is 2. The van der Waals surface area contributed by atoms with Crippen LogP contribution in [-0.2, 0) is 16.0 Å². The van der Waals surface area contributed by atoms with Crippen molar-refractivity contribution < 1.29 is 9.47 Å². The van der Waals surface area contributed by atoms with Crippen LogP contribution in [0.5, 0.6) is 0 Å². The van der Waals surface area contributed by atoms with Crippen LogP contribution in [0, 0.1) is 13.8 Å². The van der Waals surface area contributed by atoms with Gasteiger partial charge in [-0.15, -0.1) is 24.0 Å². The molecule has 1 N–H and O–H groups in total. The molecule has 2 fully saturated rings. The maximum atomic E-state index is 6.17. The highest BCUT2D eigenvalue weighted by atomic mass is 127. The van der Waals surface area contributed by atoms with Crippen molar-refractivity contribution in [3.63, 3.8) is 0 Å². The lowest BCUT2D eigenvalue weighted by atomic mass is 10.1. The number of hydrogen-bond acceptors (Lipinski definition) is 4. The number of ether oxygens (including phenoxy) is 2. The van der Waals surface area contributed by atoms with E-state index in [4.69, 9.17) is 9.47 Å². The number of benzene rings is 1. The Labute approximate surface area is 214 Å². The van der Waals surface area contributed by atoms with Crippen LogP contribution in [0.3, 0.4) is 0 Å². The van der Waals surface area contributed by atoms with Crippen LogP contribution in [0.4, 0.5) is 0 Å². The molecule has 1 aromatic heterocycles. The maximum Gasteiger partial charge on any atom is 0.193 e. The van der Waals surface area contributed by atoms with Crippen molar-refractivity contribution in [1.82, 2.24) is 20.0 Å². The lowest BCUT2D eigenvalue weighted by Crippen LogP contribution is -2.47. The first-order valence-corrected chi connectivity index (χ1v) is 11.9. The molecule has 2 aromatic rings. The lowest BCUT2D eigenvalue weighted by Gasteiger charge is -2.35. The number of hydrogen-bond donors (Lipinski definition) is 1. The summed E-state index contributed by atoms with van der Waals surface area (Å²) in [6.45, 7) is 8.36. The molecule has 0 aliphatic carbocycles. The second-order valence-corrected chi connectivity index (χ2v) is 8.88. The van der Waals surface area contributed by atoms with E-state index in [2.05, 4.69) is 57.6 Å². The molecule has 0 saturated carbocycles. The molecule has 1 aromatic carbocycles. The van der Waals surface area contributed by atoms with Gasteiger partial charge in [0.15, 0.2) is 5.96 Å². The van der Waals surface area contributed by atoms with Gasteiger partial charge >= 0.3 is 0 Å².